The number of rotatable bonds is 7. The first kappa shape index (κ1) is 17.4. The Morgan fingerprint density at radius 2 is 2.05 bits per heavy atom. The van der Waals surface area contributed by atoms with Gasteiger partial charge in [0.05, 0.1) is 12.7 Å². The van der Waals surface area contributed by atoms with Crippen molar-refractivity contribution in [1.82, 2.24) is 5.32 Å². The van der Waals surface area contributed by atoms with Crippen LogP contribution in [0.1, 0.15) is 60.3 Å². The van der Waals surface area contributed by atoms with E-state index >= 15 is 0 Å². The highest BCUT2D eigenvalue weighted by atomic mass is 16.5. The maximum Gasteiger partial charge on any atom is 0.326 e. The number of hydrogen-bond acceptors (Lipinski definition) is 4. The fraction of sp³-hybridized carbons (Fsp3) is 0.938. The standard InChI is InChI=1S/C16H31NO3/c1-6-19-15(18)16(17-13(4)5)9-7-8-14(10-16)20-11-12(2)3/h12-14,17H,6-11H2,1-5H3. The van der Waals surface area contributed by atoms with Gasteiger partial charge in [0.1, 0.15) is 5.54 Å². The number of hydrogen-bond donors (Lipinski definition) is 1. The molecule has 0 amide bonds. The number of esters is 1. The summed E-state index contributed by atoms with van der Waals surface area (Å²) in [4.78, 5) is 12.4. The highest BCUT2D eigenvalue weighted by Crippen LogP contribution is 2.32. The molecule has 1 rings (SSSR count). The molecule has 1 N–H and O–H groups in total. The van der Waals surface area contributed by atoms with Gasteiger partial charge in [0, 0.05) is 19.1 Å². The molecule has 0 aromatic carbocycles. The second kappa shape index (κ2) is 7.99. The predicted molar refractivity (Wildman–Crippen MR) is 80.7 cm³/mol. The molecule has 2 unspecified atom stereocenters. The van der Waals surface area contributed by atoms with E-state index in [1.165, 1.54) is 0 Å². The topological polar surface area (TPSA) is 47.6 Å². The number of ether oxygens (including phenoxy) is 2. The minimum absolute atomic E-state index is 0.119. The van der Waals surface area contributed by atoms with Gasteiger partial charge in [-0.05, 0) is 46.0 Å². The van der Waals surface area contributed by atoms with E-state index in [2.05, 4.69) is 33.0 Å². The van der Waals surface area contributed by atoms with Crippen LogP contribution in [0.4, 0.5) is 0 Å². The van der Waals surface area contributed by atoms with E-state index in [1.54, 1.807) is 0 Å². The van der Waals surface area contributed by atoms with Crippen LogP contribution in [0, 0.1) is 5.92 Å². The third-order valence-electron chi connectivity index (χ3n) is 3.60. The van der Waals surface area contributed by atoms with Crippen molar-refractivity contribution >= 4 is 5.97 Å². The first-order valence-electron chi connectivity index (χ1n) is 7.96. The summed E-state index contributed by atoms with van der Waals surface area (Å²) in [5.74, 6) is 0.401. The Bertz CT molecular complexity index is 304. The molecule has 0 spiro atoms. The van der Waals surface area contributed by atoms with Gasteiger partial charge in [0.2, 0.25) is 0 Å². The fourth-order valence-electron chi connectivity index (χ4n) is 2.89. The normalized spacial score (nSPS) is 27.1. The predicted octanol–water partition coefficient (Wildman–Crippen LogP) is 2.90. The molecule has 1 aliphatic rings. The molecule has 1 saturated carbocycles. The lowest BCUT2D eigenvalue weighted by atomic mass is 9.79. The van der Waals surface area contributed by atoms with Crippen molar-refractivity contribution in [3.05, 3.63) is 0 Å². The van der Waals surface area contributed by atoms with Gasteiger partial charge in [0.15, 0.2) is 0 Å². The van der Waals surface area contributed by atoms with Crippen LogP contribution in [0.25, 0.3) is 0 Å². The van der Waals surface area contributed by atoms with E-state index in [9.17, 15) is 4.79 Å². The molecule has 1 fully saturated rings. The van der Waals surface area contributed by atoms with E-state index in [-0.39, 0.29) is 18.1 Å². The van der Waals surface area contributed by atoms with Crippen molar-refractivity contribution in [1.29, 1.82) is 0 Å². The fourth-order valence-corrected chi connectivity index (χ4v) is 2.89. The molecule has 118 valence electrons. The first-order valence-corrected chi connectivity index (χ1v) is 7.96. The van der Waals surface area contributed by atoms with Crippen LogP contribution < -0.4 is 5.32 Å². The molecule has 4 heteroatoms. The zero-order valence-electron chi connectivity index (χ0n) is 13.7. The van der Waals surface area contributed by atoms with Gasteiger partial charge in [0.25, 0.3) is 0 Å². The second-order valence-electron chi connectivity index (χ2n) is 6.55. The second-order valence-corrected chi connectivity index (χ2v) is 6.55. The van der Waals surface area contributed by atoms with Crippen molar-refractivity contribution in [3.8, 4) is 0 Å². The van der Waals surface area contributed by atoms with Gasteiger partial charge >= 0.3 is 5.97 Å². The molecule has 0 aromatic rings. The van der Waals surface area contributed by atoms with E-state index in [0.29, 0.717) is 12.5 Å². The first-order chi connectivity index (χ1) is 9.39. The highest BCUT2D eigenvalue weighted by molar-refractivity contribution is 5.81. The largest absolute Gasteiger partial charge is 0.465 e. The number of carbonyl (C=O) groups is 1. The molecule has 0 saturated heterocycles. The van der Waals surface area contributed by atoms with Gasteiger partial charge in [-0.3, -0.25) is 10.1 Å². The Morgan fingerprint density at radius 1 is 1.35 bits per heavy atom. The monoisotopic (exact) mass is 285 g/mol. The Hall–Kier alpha value is -0.610. The molecule has 0 radical (unpaired) electrons. The van der Waals surface area contributed by atoms with Gasteiger partial charge in [-0.1, -0.05) is 13.8 Å². The smallest absolute Gasteiger partial charge is 0.326 e. The molecule has 0 heterocycles. The van der Waals surface area contributed by atoms with E-state index in [1.807, 2.05) is 6.92 Å². The zero-order valence-corrected chi connectivity index (χ0v) is 13.7. The molecule has 4 nitrogen and oxygen atoms in total. The average Bonchev–Trinajstić information content (AvgIpc) is 2.36. The Kier molecular flexibility index (Phi) is 6.96. The van der Waals surface area contributed by atoms with Crippen LogP contribution in [0.2, 0.25) is 0 Å². The van der Waals surface area contributed by atoms with E-state index < -0.39 is 5.54 Å². The summed E-state index contributed by atoms with van der Waals surface area (Å²) in [6, 6.07) is 0.253. The van der Waals surface area contributed by atoms with Crippen molar-refractivity contribution in [2.24, 2.45) is 5.92 Å². The minimum Gasteiger partial charge on any atom is -0.465 e. The highest BCUT2D eigenvalue weighted by Gasteiger charge is 2.44. The maximum absolute atomic E-state index is 12.4. The number of nitrogens with one attached hydrogen (secondary N) is 1. The Balaban J connectivity index is 2.73. The molecule has 2 atom stereocenters. The van der Waals surface area contributed by atoms with Crippen LogP contribution >= 0.6 is 0 Å². The van der Waals surface area contributed by atoms with Gasteiger partial charge in [-0.25, -0.2) is 0 Å². The zero-order chi connectivity index (χ0) is 15.2. The molecular weight excluding hydrogens is 254 g/mol. The average molecular weight is 285 g/mol. The lowest BCUT2D eigenvalue weighted by Gasteiger charge is -2.40. The molecule has 1 aliphatic carbocycles. The molecule has 0 bridgehead atoms. The summed E-state index contributed by atoms with van der Waals surface area (Å²) in [5, 5.41) is 3.44. The number of carbonyl (C=O) groups excluding carboxylic acids is 1. The molecule has 20 heavy (non-hydrogen) atoms. The van der Waals surface area contributed by atoms with Crippen molar-refractivity contribution < 1.29 is 14.3 Å². The van der Waals surface area contributed by atoms with Crippen LogP contribution in [0.15, 0.2) is 0 Å². The summed E-state index contributed by atoms with van der Waals surface area (Å²) in [7, 11) is 0. The lowest BCUT2D eigenvalue weighted by Crippen LogP contribution is -2.59. The Morgan fingerprint density at radius 3 is 2.60 bits per heavy atom. The molecular formula is C16H31NO3. The van der Waals surface area contributed by atoms with Crippen molar-refractivity contribution in [2.75, 3.05) is 13.2 Å². The third kappa shape index (κ3) is 5.06. The van der Waals surface area contributed by atoms with Crippen molar-refractivity contribution in [3.63, 3.8) is 0 Å². The third-order valence-corrected chi connectivity index (χ3v) is 3.60. The van der Waals surface area contributed by atoms with Gasteiger partial charge < -0.3 is 9.47 Å². The maximum atomic E-state index is 12.4. The van der Waals surface area contributed by atoms with Crippen LogP contribution in [0.5, 0.6) is 0 Å². The summed E-state index contributed by atoms with van der Waals surface area (Å²) in [6.45, 7) is 11.5. The van der Waals surface area contributed by atoms with Crippen LogP contribution in [-0.2, 0) is 14.3 Å². The quantitative estimate of drug-likeness (QED) is 0.731. The summed E-state index contributed by atoms with van der Waals surface area (Å²) < 4.78 is 11.3. The van der Waals surface area contributed by atoms with E-state index in [0.717, 1.165) is 32.3 Å². The van der Waals surface area contributed by atoms with Crippen molar-refractivity contribution in [2.45, 2.75) is 78.0 Å². The minimum atomic E-state index is -0.565. The summed E-state index contributed by atoms with van der Waals surface area (Å²) in [6.07, 6.45) is 3.75. The lowest BCUT2D eigenvalue weighted by molar-refractivity contribution is -0.156. The van der Waals surface area contributed by atoms with E-state index in [4.69, 9.17) is 9.47 Å². The van der Waals surface area contributed by atoms with Crippen LogP contribution in [0.3, 0.4) is 0 Å². The Labute approximate surface area is 123 Å². The summed E-state index contributed by atoms with van der Waals surface area (Å²) in [5.41, 5.74) is -0.565. The van der Waals surface area contributed by atoms with Gasteiger partial charge in [-0.15, -0.1) is 0 Å². The van der Waals surface area contributed by atoms with Gasteiger partial charge in [-0.2, -0.15) is 0 Å². The molecule has 0 aliphatic heterocycles. The molecule has 0 aromatic heterocycles. The SMILES string of the molecule is CCOC(=O)C1(NC(C)C)CCCC(OCC(C)C)C1. The van der Waals surface area contributed by atoms with Crippen LogP contribution in [-0.4, -0.2) is 36.9 Å². The summed E-state index contributed by atoms with van der Waals surface area (Å²) >= 11 is 0.